The molecule has 1 aliphatic rings. The first kappa shape index (κ1) is 18.7. The molecule has 0 saturated heterocycles. The third-order valence-corrected chi connectivity index (χ3v) is 4.48. The highest BCUT2D eigenvalue weighted by Gasteiger charge is 2.14. The summed E-state index contributed by atoms with van der Waals surface area (Å²) in [7, 11) is 0. The Hall–Kier alpha value is -3.68. The lowest BCUT2D eigenvalue weighted by atomic mass is 10.2. The lowest BCUT2D eigenvalue weighted by Gasteiger charge is -2.10. The maximum atomic E-state index is 12.9. The van der Waals surface area contributed by atoms with Gasteiger partial charge in [0.2, 0.25) is 12.7 Å². The molecule has 0 saturated carbocycles. The van der Waals surface area contributed by atoms with Crippen molar-refractivity contribution >= 4 is 11.9 Å². The molecule has 1 aromatic heterocycles. The van der Waals surface area contributed by atoms with Crippen LogP contribution in [0.15, 0.2) is 48.7 Å². The van der Waals surface area contributed by atoms with Crippen molar-refractivity contribution < 1.29 is 18.7 Å². The van der Waals surface area contributed by atoms with Gasteiger partial charge in [0.1, 0.15) is 5.82 Å². The van der Waals surface area contributed by atoms with Crippen LogP contribution in [0.2, 0.25) is 0 Å². The van der Waals surface area contributed by atoms with E-state index in [9.17, 15) is 9.18 Å². The summed E-state index contributed by atoms with van der Waals surface area (Å²) in [6.07, 6.45) is 1.49. The Morgan fingerprint density at radius 3 is 2.62 bits per heavy atom. The number of amides is 1. The highest BCUT2D eigenvalue weighted by atomic mass is 19.1. The number of hydrogen-bond donors (Lipinski definition) is 2. The van der Waals surface area contributed by atoms with Crippen molar-refractivity contribution in [3.63, 3.8) is 0 Å². The minimum atomic E-state index is -0.312. The third kappa shape index (κ3) is 4.43. The van der Waals surface area contributed by atoms with Gasteiger partial charge in [-0.3, -0.25) is 4.79 Å². The molecule has 4 rings (SSSR count). The molecule has 1 amide bonds. The van der Waals surface area contributed by atoms with Crippen molar-refractivity contribution in [1.82, 2.24) is 15.3 Å². The minimum absolute atomic E-state index is 0.235. The third-order valence-electron chi connectivity index (χ3n) is 4.48. The van der Waals surface area contributed by atoms with E-state index in [1.165, 1.54) is 18.3 Å². The van der Waals surface area contributed by atoms with E-state index in [0.29, 0.717) is 30.3 Å². The normalized spacial score (nSPS) is 11.9. The Bertz CT molecular complexity index is 1040. The molecular formula is C21H19FN4O3. The van der Waals surface area contributed by atoms with Crippen LogP contribution >= 0.6 is 0 Å². The van der Waals surface area contributed by atoms with Crippen LogP contribution < -0.4 is 20.1 Å². The number of fused-ring (bicyclic) bond motifs is 1. The summed E-state index contributed by atoms with van der Waals surface area (Å²) in [5, 5.41) is 5.93. The van der Waals surface area contributed by atoms with E-state index >= 15 is 0 Å². The average Bonchev–Trinajstić information content (AvgIpc) is 3.19. The average molecular weight is 394 g/mol. The summed E-state index contributed by atoms with van der Waals surface area (Å²) in [6, 6.07) is 11.7. The predicted molar refractivity (Wildman–Crippen MR) is 104 cm³/mol. The number of hydrogen-bond acceptors (Lipinski definition) is 6. The fraction of sp³-hybridized carbons (Fsp3) is 0.190. The van der Waals surface area contributed by atoms with Crippen molar-refractivity contribution in [3.8, 4) is 11.5 Å². The summed E-state index contributed by atoms with van der Waals surface area (Å²) >= 11 is 0. The summed E-state index contributed by atoms with van der Waals surface area (Å²) in [4.78, 5) is 21.0. The van der Waals surface area contributed by atoms with E-state index in [0.717, 1.165) is 22.6 Å². The molecule has 148 valence electrons. The number of aromatic nitrogens is 2. The van der Waals surface area contributed by atoms with Gasteiger partial charge in [0, 0.05) is 19.3 Å². The Labute approximate surface area is 166 Å². The Morgan fingerprint density at radius 2 is 1.83 bits per heavy atom. The van der Waals surface area contributed by atoms with E-state index in [1.807, 2.05) is 18.2 Å². The van der Waals surface area contributed by atoms with E-state index in [4.69, 9.17) is 9.47 Å². The highest BCUT2D eigenvalue weighted by molar-refractivity contribution is 5.94. The molecule has 1 aliphatic heterocycles. The molecule has 7 nitrogen and oxygen atoms in total. The quantitative estimate of drug-likeness (QED) is 0.668. The van der Waals surface area contributed by atoms with Crippen molar-refractivity contribution in [1.29, 1.82) is 0 Å². The Kier molecular flexibility index (Phi) is 5.24. The zero-order valence-corrected chi connectivity index (χ0v) is 15.7. The molecule has 0 bridgehead atoms. The van der Waals surface area contributed by atoms with Gasteiger partial charge in [0.15, 0.2) is 11.5 Å². The van der Waals surface area contributed by atoms with Crippen LogP contribution in [0, 0.1) is 12.7 Å². The molecule has 2 aromatic carbocycles. The summed E-state index contributed by atoms with van der Waals surface area (Å²) < 4.78 is 23.6. The van der Waals surface area contributed by atoms with Gasteiger partial charge in [0.25, 0.3) is 5.91 Å². The van der Waals surface area contributed by atoms with E-state index in [1.54, 1.807) is 19.1 Å². The molecule has 0 unspecified atom stereocenters. The fourth-order valence-electron chi connectivity index (χ4n) is 2.89. The van der Waals surface area contributed by atoms with Gasteiger partial charge in [-0.2, -0.15) is 0 Å². The van der Waals surface area contributed by atoms with Crippen LogP contribution in [0.3, 0.4) is 0 Å². The van der Waals surface area contributed by atoms with Crippen LogP contribution in [0.25, 0.3) is 0 Å². The van der Waals surface area contributed by atoms with Gasteiger partial charge in [-0.05, 0) is 42.3 Å². The summed E-state index contributed by atoms with van der Waals surface area (Å²) in [5.41, 5.74) is 2.75. The number of anilines is 1. The molecule has 2 heterocycles. The molecule has 0 spiro atoms. The van der Waals surface area contributed by atoms with Gasteiger partial charge < -0.3 is 20.1 Å². The molecule has 0 aliphatic carbocycles. The minimum Gasteiger partial charge on any atom is -0.454 e. The van der Waals surface area contributed by atoms with Gasteiger partial charge in [0.05, 0.1) is 11.3 Å². The fourth-order valence-corrected chi connectivity index (χ4v) is 2.89. The Balaban J connectivity index is 1.35. The topological polar surface area (TPSA) is 85.4 Å². The van der Waals surface area contributed by atoms with Crippen LogP contribution in [0.4, 0.5) is 10.3 Å². The summed E-state index contributed by atoms with van der Waals surface area (Å²) in [6.45, 7) is 2.79. The van der Waals surface area contributed by atoms with E-state index in [2.05, 4.69) is 20.6 Å². The monoisotopic (exact) mass is 394 g/mol. The second kappa shape index (κ2) is 8.14. The van der Waals surface area contributed by atoms with Gasteiger partial charge in [-0.25, -0.2) is 14.4 Å². The predicted octanol–water partition coefficient (Wildman–Crippen LogP) is 3.19. The van der Waals surface area contributed by atoms with Crippen LogP contribution in [-0.4, -0.2) is 22.7 Å². The zero-order chi connectivity index (χ0) is 20.2. The van der Waals surface area contributed by atoms with Gasteiger partial charge >= 0.3 is 0 Å². The van der Waals surface area contributed by atoms with E-state index in [-0.39, 0.29) is 18.5 Å². The standard InChI is InChI=1S/C21H19FN4O3/c1-13-17(20(27)23-9-14-2-5-16(22)6-3-14)11-25-21(26-13)24-10-15-4-7-18-19(8-15)29-12-28-18/h2-8,11H,9-10,12H2,1H3,(H,23,27)(H,24,25,26). The number of ether oxygens (including phenoxy) is 2. The molecule has 3 aromatic rings. The smallest absolute Gasteiger partial charge is 0.254 e. The lowest BCUT2D eigenvalue weighted by molar-refractivity contribution is 0.0949. The summed E-state index contributed by atoms with van der Waals surface area (Å²) in [5.74, 6) is 1.28. The highest BCUT2D eigenvalue weighted by Crippen LogP contribution is 2.32. The van der Waals surface area contributed by atoms with Gasteiger partial charge in [-0.15, -0.1) is 0 Å². The molecule has 0 atom stereocenters. The first-order valence-corrected chi connectivity index (χ1v) is 9.07. The first-order valence-electron chi connectivity index (χ1n) is 9.07. The van der Waals surface area contributed by atoms with Crippen molar-refractivity contribution in [2.24, 2.45) is 0 Å². The van der Waals surface area contributed by atoms with Crippen molar-refractivity contribution in [2.75, 3.05) is 12.1 Å². The van der Waals surface area contributed by atoms with Crippen LogP contribution in [0.5, 0.6) is 11.5 Å². The number of nitrogens with zero attached hydrogens (tertiary/aromatic N) is 2. The molecule has 2 N–H and O–H groups in total. The molecule has 0 fully saturated rings. The zero-order valence-electron chi connectivity index (χ0n) is 15.7. The second-order valence-electron chi connectivity index (χ2n) is 6.54. The number of halogens is 1. The largest absolute Gasteiger partial charge is 0.454 e. The number of rotatable bonds is 6. The number of benzene rings is 2. The maximum absolute atomic E-state index is 12.9. The van der Waals surface area contributed by atoms with E-state index < -0.39 is 0 Å². The Morgan fingerprint density at radius 1 is 1.07 bits per heavy atom. The SMILES string of the molecule is Cc1nc(NCc2ccc3c(c2)OCO3)ncc1C(=O)NCc1ccc(F)cc1. The molecular weight excluding hydrogens is 375 g/mol. The van der Waals surface area contributed by atoms with Crippen LogP contribution in [-0.2, 0) is 13.1 Å². The molecule has 0 radical (unpaired) electrons. The number of carbonyl (C=O) groups is 1. The maximum Gasteiger partial charge on any atom is 0.254 e. The number of aryl methyl sites for hydroxylation is 1. The van der Waals surface area contributed by atoms with Crippen molar-refractivity contribution in [3.05, 3.63) is 76.9 Å². The van der Waals surface area contributed by atoms with Crippen LogP contribution in [0.1, 0.15) is 27.2 Å². The number of carbonyl (C=O) groups excluding carboxylic acids is 1. The lowest BCUT2D eigenvalue weighted by Crippen LogP contribution is -2.24. The molecule has 8 heteroatoms. The second-order valence-corrected chi connectivity index (χ2v) is 6.54. The van der Waals surface area contributed by atoms with Gasteiger partial charge in [-0.1, -0.05) is 18.2 Å². The number of nitrogens with one attached hydrogen (secondary N) is 2. The van der Waals surface area contributed by atoms with Crippen molar-refractivity contribution in [2.45, 2.75) is 20.0 Å². The molecule has 29 heavy (non-hydrogen) atoms. The first-order chi connectivity index (χ1) is 14.1.